The van der Waals surface area contributed by atoms with Gasteiger partial charge in [-0.05, 0) is 24.3 Å². The minimum Gasteiger partial charge on any atom is -0.484 e. The number of methoxy groups -OCH3 is 1. The van der Waals surface area contributed by atoms with Crippen molar-refractivity contribution in [2.45, 2.75) is 6.61 Å². The van der Waals surface area contributed by atoms with Crippen molar-refractivity contribution < 1.29 is 14.3 Å². The fraction of sp³-hybridized carbons (Fsp3) is 0.143. The van der Waals surface area contributed by atoms with Crippen LogP contribution in [0.3, 0.4) is 0 Å². The molecule has 0 spiro atoms. The molecule has 1 aromatic heterocycles. The number of aromatic nitrogens is 1. The summed E-state index contributed by atoms with van der Waals surface area (Å²) in [4.78, 5) is 15.4. The molecule has 7 heteroatoms. The van der Waals surface area contributed by atoms with Gasteiger partial charge in [-0.1, -0.05) is 34.8 Å². The van der Waals surface area contributed by atoms with Crippen LogP contribution in [0.1, 0.15) is 16.1 Å². The van der Waals surface area contributed by atoms with Crippen LogP contribution in [0.2, 0.25) is 15.1 Å². The second kappa shape index (κ2) is 6.98. The lowest BCUT2D eigenvalue weighted by Gasteiger charge is -2.10. The van der Waals surface area contributed by atoms with Gasteiger partial charge in [0.05, 0.1) is 28.4 Å². The van der Waals surface area contributed by atoms with E-state index in [0.717, 1.165) is 0 Å². The van der Waals surface area contributed by atoms with Gasteiger partial charge in [-0.15, -0.1) is 0 Å². The number of hydrogen-bond acceptors (Lipinski definition) is 4. The van der Waals surface area contributed by atoms with Crippen LogP contribution in [-0.4, -0.2) is 18.1 Å². The zero-order chi connectivity index (χ0) is 15.4. The second-order valence-electron chi connectivity index (χ2n) is 4.02. The topological polar surface area (TPSA) is 48.4 Å². The number of ether oxygens (including phenoxy) is 2. The van der Waals surface area contributed by atoms with Crippen molar-refractivity contribution in [2.24, 2.45) is 0 Å². The molecule has 0 atom stereocenters. The zero-order valence-corrected chi connectivity index (χ0v) is 13.2. The van der Waals surface area contributed by atoms with Gasteiger partial charge >= 0.3 is 5.97 Å². The Morgan fingerprint density at radius 1 is 1.19 bits per heavy atom. The highest BCUT2D eigenvalue weighted by Crippen LogP contribution is 2.36. The molecular weight excluding hydrogens is 337 g/mol. The number of rotatable bonds is 4. The van der Waals surface area contributed by atoms with Crippen LogP contribution in [0.15, 0.2) is 30.5 Å². The van der Waals surface area contributed by atoms with Gasteiger partial charge in [0.2, 0.25) is 0 Å². The van der Waals surface area contributed by atoms with Crippen molar-refractivity contribution in [1.82, 2.24) is 4.98 Å². The van der Waals surface area contributed by atoms with E-state index in [2.05, 4.69) is 9.72 Å². The molecule has 0 N–H and O–H groups in total. The number of pyridine rings is 1. The smallest absolute Gasteiger partial charge is 0.339 e. The molecule has 1 heterocycles. The van der Waals surface area contributed by atoms with Gasteiger partial charge in [-0.25, -0.2) is 4.79 Å². The monoisotopic (exact) mass is 345 g/mol. The first-order valence-corrected chi connectivity index (χ1v) is 6.95. The van der Waals surface area contributed by atoms with Crippen molar-refractivity contribution in [3.63, 3.8) is 0 Å². The molecule has 21 heavy (non-hydrogen) atoms. The summed E-state index contributed by atoms with van der Waals surface area (Å²) in [5, 5.41) is 1.07. The van der Waals surface area contributed by atoms with Crippen LogP contribution in [0.25, 0.3) is 0 Å². The number of esters is 1. The molecule has 0 bridgehead atoms. The van der Waals surface area contributed by atoms with Crippen molar-refractivity contribution in [3.05, 3.63) is 56.8 Å². The Hall–Kier alpha value is -1.49. The molecule has 0 saturated heterocycles. The highest BCUT2D eigenvalue weighted by atomic mass is 35.5. The molecule has 0 unspecified atom stereocenters. The van der Waals surface area contributed by atoms with E-state index in [-0.39, 0.29) is 6.61 Å². The highest BCUT2D eigenvalue weighted by molar-refractivity contribution is 6.40. The lowest BCUT2D eigenvalue weighted by Crippen LogP contribution is -2.04. The van der Waals surface area contributed by atoms with Crippen LogP contribution in [0.4, 0.5) is 0 Å². The molecule has 0 amide bonds. The number of nitrogens with zero attached hydrogens (tertiary/aromatic N) is 1. The van der Waals surface area contributed by atoms with E-state index in [1.54, 1.807) is 12.1 Å². The largest absolute Gasteiger partial charge is 0.484 e. The van der Waals surface area contributed by atoms with Gasteiger partial charge in [0, 0.05) is 11.2 Å². The van der Waals surface area contributed by atoms with Gasteiger partial charge in [-0.3, -0.25) is 4.98 Å². The first-order chi connectivity index (χ1) is 10.0. The summed E-state index contributed by atoms with van der Waals surface area (Å²) in [5.74, 6) is -0.111. The Morgan fingerprint density at radius 2 is 1.86 bits per heavy atom. The first kappa shape index (κ1) is 15.9. The maximum Gasteiger partial charge on any atom is 0.339 e. The third-order valence-corrected chi connectivity index (χ3v) is 3.35. The average molecular weight is 347 g/mol. The van der Waals surface area contributed by atoms with Gasteiger partial charge in [0.1, 0.15) is 6.61 Å². The lowest BCUT2D eigenvalue weighted by atomic mass is 10.2. The van der Waals surface area contributed by atoms with E-state index in [9.17, 15) is 4.79 Å². The van der Waals surface area contributed by atoms with Crippen molar-refractivity contribution in [3.8, 4) is 5.75 Å². The molecular formula is C14H10Cl3NO3. The SMILES string of the molecule is COC(=O)c1ccc(COc2c(Cl)cc(Cl)cc2Cl)nc1. The summed E-state index contributed by atoms with van der Waals surface area (Å²) in [5.41, 5.74) is 0.980. The third-order valence-electron chi connectivity index (χ3n) is 2.57. The average Bonchev–Trinajstić information content (AvgIpc) is 2.46. The summed E-state index contributed by atoms with van der Waals surface area (Å²) in [6, 6.07) is 6.34. The first-order valence-electron chi connectivity index (χ1n) is 5.82. The number of carbonyl (C=O) groups excluding carboxylic acids is 1. The molecule has 2 rings (SSSR count). The van der Waals surface area contributed by atoms with Crippen LogP contribution >= 0.6 is 34.8 Å². The number of halogens is 3. The number of benzene rings is 1. The Morgan fingerprint density at radius 3 is 2.38 bits per heavy atom. The predicted molar refractivity (Wildman–Crippen MR) is 81.4 cm³/mol. The molecule has 0 radical (unpaired) electrons. The molecule has 0 aliphatic carbocycles. The molecule has 110 valence electrons. The summed E-state index contributed by atoms with van der Waals surface area (Å²) in [6.45, 7) is 0.155. The molecule has 2 aromatic rings. The van der Waals surface area contributed by atoms with Crippen LogP contribution in [0.5, 0.6) is 5.75 Å². The zero-order valence-electron chi connectivity index (χ0n) is 10.9. The number of hydrogen-bond donors (Lipinski definition) is 0. The van der Waals surface area contributed by atoms with E-state index in [4.69, 9.17) is 39.5 Å². The Labute approximate surface area is 136 Å². The molecule has 0 aliphatic heterocycles. The normalized spacial score (nSPS) is 10.3. The van der Waals surface area contributed by atoms with E-state index >= 15 is 0 Å². The van der Waals surface area contributed by atoms with Crippen LogP contribution in [0, 0.1) is 0 Å². The standard InChI is InChI=1S/C14H10Cl3NO3/c1-20-14(19)8-2-3-10(18-6-8)7-21-13-11(16)4-9(15)5-12(13)17/h2-6H,7H2,1H3. The summed E-state index contributed by atoms with van der Waals surface area (Å²) in [7, 11) is 1.31. The summed E-state index contributed by atoms with van der Waals surface area (Å²) in [6.07, 6.45) is 1.41. The fourth-order valence-electron chi connectivity index (χ4n) is 1.56. The fourth-order valence-corrected chi connectivity index (χ4v) is 2.49. The molecule has 1 aromatic carbocycles. The van der Waals surface area contributed by atoms with Crippen LogP contribution < -0.4 is 4.74 Å². The Balaban J connectivity index is 2.08. The van der Waals surface area contributed by atoms with Gasteiger partial charge in [0.15, 0.2) is 5.75 Å². The van der Waals surface area contributed by atoms with E-state index in [1.165, 1.54) is 25.4 Å². The minimum atomic E-state index is -0.446. The van der Waals surface area contributed by atoms with Gasteiger partial charge < -0.3 is 9.47 Å². The summed E-state index contributed by atoms with van der Waals surface area (Å²) < 4.78 is 10.1. The van der Waals surface area contributed by atoms with E-state index in [1.807, 2.05) is 0 Å². The van der Waals surface area contributed by atoms with Crippen molar-refractivity contribution >= 4 is 40.8 Å². The minimum absolute atomic E-state index is 0.155. The quantitative estimate of drug-likeness (QED) is 0.770. The Kier molecular flexibility index (Phi) is 5.28. The van der Waals surface area contributed by atoms with Gasteiger partial charge in [-0.2, -0.15) is 0 Å². The van der Waals surface area contributed by atoms with Crippen LogP contribution in [-0.2, 0) is 11.3 Å². The molecule has 0 saturated carbocycles. The summed E-state index contributed by atoms with van der Waals surface area (Å²) >= 11 is 17.8. The Bertz CT molecular complexity index is 636. The maximum atomic E-state index is 11.3. The molecule has 4 nitrogen and oxygen atoms in total. The lowest BCUT2D eigenvalue weighted by molar-refractivity contribution is 0.0600. The maximum absolute atomic E-state index is 11.3. The number of carbonyl (C=O) groups is 1. The van der Waals surface area contributed by atoms with E-state index < -0.39 is 5.97 Å². The third kappa shape index (κ3) is 4.00. The van der Waals surface area contributed by atoms with Crippen molar-refractivity contribution in [1.29, 1.82) is 0 Å². The second-order valence-corrected chi connectivity index (χ2v) is 5.27. The molecule has 0 aliphatic rings. The van der Waals surface area contributed by atoms with E-state index in [0.29, 0.717) is 32.1 Å². The van der Waals surface area contributed by atoms with Crippen molar-refractivity contribution in [2.75, 3.05) is 7.11 Å². The van der Waals surface area contributed by atoms with Gasteiger partial charge in [0.25, 0.3) is 0 Å². The predicted octanol–water partition coefficient (Wildman–Crippen LogP) is 4.41. The molecule has 0 fully saturated rings. The highest BCUT2D eigenvalue weighted by Gasteiger charge is 2.10.